The van der Waals surface area contributed by atoms with Crippen LogP contribution < -0.4 is 0 Å². The van der Waals surface area contributed by atoms with Gasteiger partial charge in [-0.15, -0.1) is 0 Å². The summed E-state index contributed by atoms with van der Waals surface area (Å²) in [6, 6.07) is 11.8. The zero-order chi connectivity index (χ0) is 74.0. The molecule has 0 aliphatic carbocycles. The number of fused-ring (bicyclic) bond motifs is 2. The zero-order valence-corrected chi connectivity index (χ0v) is 72.5. The highest BCUT2D eigenvalue weighted by atomic mass is 15.3. The van der Waals surface area contributed by atoms with Gasteiger partial charge >= 0.3 is 0 Å². The lowest BCUT2D eigenvalue weighted by molar-refractivity contribution is -0.0225. The van der Waals surface area contributed by atoms with Gasteiger partial charge in [0.15, 0.2) is 0 Å². The van der Waals surface area contributed by atoms with Crippen molar-refractivity contribution in [1.82, 2.24) is 53.9 Å². The van der Waals surface area contributed by atoms with Crippen LogP contribution in [0.4, 0.5) is 0 Å². The van der Waals surface area contributed by atoms with Crippen molar-refractivity contribution < 1.29 is 0 Å². The molecule has 8 unspecified atom stereocenters. The minimum Gasteiger partial charge on any atom is -0.304 e. The van der Waals surface area contributed by atoms with Crippen LogP contribution in [0.3, 0.4) is 0 Å². The largest absolute Gasteiger partial charge is 0.304 e. The number of likely N-dealkylation sites (tertiary alicyclic amines) is 2. The van der Waals surface area contributed by atoms with Gasteiger partial charge in [-0.1, -0.05) is 75.7 Å². The quantitative estimate of drug-likeness (QED) is 0.167. The van der Waals surface area contributed by atoms with E-state index in [9.17, 15) is 0 Å². The summed E-state index contributed by atoms with van der Waals surface area (Å²) < 4.78 is 0. The van der Waals surface area contributed by atoms with Gasteiger partial charge in [0.25, 0.3) is 0 Å². The van der Waals surface area contributed by atoms with Crippen LogP contribution >= 0.6 is 0 Å². The maximum Gasteiger partial charge on any atom is 0.0283 e. The van der Waals surface area contributed by atoms with Crippen LogP contribution in [-0.4, -0.2) is 260 Å². The van der Waals surface area contributed by atoms with E-state index in [1.807, 2.05) is 0 Å². The molecule has 11 heteroatoms. The summed E-state index contributed by atoms with van der Waals surface area (Å²) in [5.74, 6) is 6.01. The topological polar surface area (TPSA) is 35.6 Å². The molecule has 11 nitrogen and oxygen atoms in total. The van der Waals surface area contributed by atoms with E-state index in [0.717, 1.165) is 77.7 Å². The molecule has 8 fully saturated rings. The minimum atomic E-state index is 0.330. The predicted molar refractivity (Wildman–Crippen MR) is 430 cm³/mol. The van der Waals surface area contributed by atoms with Gasteiger partial charge in [0.05, 0.1) is 0 Å². The van der Waals surface area contributed by atoms with Gasteiger partial charge in [0.1, 0.15) is 0 Å². The summed E-state index contributed by atoms with van der Waals surface area (Å²) in [6.45, 7) is 99.0. The highest BCUT2D eigenvalue weighted by molar-refractivity contribution is 4.99. The van der Waals surface area contributed by atoms with Crippen molar-refractivity contribution >= 4 is 0 Å². The highest BCUT2D eigenvalue weighted by Gasteiger charge is 2.44. The molecule has 8 aliphatic rings. The summed E-state index contributed by atoms with van der Waals surface area (Å²) >= 11 is 0. The molecule has 0 aromatic rings. The molecule has 0 aromatic heterocycles. The van der Waals surface area contributed by atoms with Crippen LogP contribution in [0.2, 0.25) is 0 Å². The summed E-state index contributed by atoms with van der Waals surface area (Å²) in [6.07, 6.45) is 12.8. The van der Waals surface area contributed by atoms with Crippen LogP contribution in [0.15, 0.2) is 0 Å². The van der Waals surface area contributed by atoms with Crippen LogP contribution in [0.25, 0.3) is 0 Å². The standard InChI is InChI=1S/C13H25N.2C13H27N.2C12H26N2.2C11H24N2/c1-9(2)11-7-12-5-6-13(8-11)14(12)10(3)4;1-10(2)12-7-8-14(11(3)4)13(5,6)9-12;1-10(2)12-8-7-9-13(5,6)14(12)11(3)4;1-9(2)13-7-11(5)14(10(3)4)12(6)8-13;1-10(2)13-7-8-14(11(3)4)12(5,6)9-13;1-9(2)11-8-13(10(3)4)7-6-12(11)5;1-9(2)11-8-12(5)6-7-13(11)10(3)4/h9-13H,5-8H2,1-4H3;2*10-12H,7-9H2,1-6H3;9-12H,7-8H2,1-6H3;10-11H,7-9H2,1-6H3;2*9-11H,6-8H2,1-5H3. The first-order chi connectivity index (χ1) is 44.1. The molecule has 0 N–H and O–H groups in total. The number of hydrogen-bond donors (Lipinski definition) is 0. The van der Waals surface area contributed by atoms with E-state index >= 15 is 0 Å². The van der Waals surface area contributed by atoms with Crippen LogP contribution in [0.5, 0.6) is 0 Å². The number of piperidine rings is 3. The Labute approximate surface area is 605 Å². The summed E-state index contributed by atoms with van der Waals surface area (Å²) in [4.78, 5) is 28.8. The molecule has 8 aliphatic heterocycles. The van der Waals surface area contributed by atoms with E-state index in [0.29, 0.717) is 77.0 Å². The lowest BCUT2D eigenvalue weighted by Crippen LogP contribution is -2.62. The van der Waals surface area contributed by atoms with Crippen molar-refractivity contribution in [3.8, 4) is 0 Å². The van der Waals surface area contributed by atoms with Crippen molar-refractivity contribution in [2.24, 2.45) is 41.4 Å². The maximum absolute atomic E-state index is 2.79. The van der Waals surface area contributed by atoms with Gasteiger partial charge in [-0.05, 0) is 293 Å². The first kappa shape index (κ1) is 91.6. The monoisotopic (exact) mass is 1350 g/mol. The van der Waals surface area contributed by atoms with E-state index in [2.05, 4.69) is 317 Å². The molecule has 2 bridgehead atoms. The molecule has 0 aromatic carbocycles. The van der Waals surface area contributed by atoms with Crippen LogP contribution in [0, 0.1) is 41.4 Å². The molecule has 8 heterocycles. The smallest absolute Gasteiger partial charge is 0.0283 e. The van der Waals surface area contributed by atoms with E-state index in [1.54, 1.807) is 0 Å². The molecule has 574 valence electrons. The average Bonchev–Trinajstić information content (AvgIpc) is 1.36. The van der Waals surface area contributed by atoms with Gasteiger partial charge < -0.3 is 9.80 Å². The Bertz CT molecular complexity index is 1920. The molecule has 8 saturated heterocycles. The van der Waals surface area contributed by atoms with Gasteiger partial charge in [0.2, 0.25) is 0 Å². The van der Waals surface area contributed by atoms with Crippen molar-refractivity contribution in [2.75, 3.05) is 92.6 Å². The number of rotatable bonds is 14. The van der Waals surface area contributed by atoms with Crippen LogP contribution in [-0.2, 0) is 0 Å². The molecule has 8 rings (SSSR count). The molecule has 96 heavy (non-hydrogen) atoms. The Morgan fingerprint density at radius 1 is 0.333 bits per heavy atom. The summed E-state index contributed by atoms with van der Waals surface area (Å²) in [5.41, 5.74) is 1.14. The number of piperazine rings is 4. The van der Waals surface area contributed by atoms with E-state index in [-0.39, 0.29) is 0 Å². The van der Waals surface area contributed by atoms with Crippen molar-refractivity contribution in [2.45, 2.75) is 420 Å². The van der Waals surface area contributed by atoms with Gasteiger partial charge in [-0.2, -0.15) is 0 Å². The molecule has 0 amide bonds. The Kier molecular flexibility index (Phi) is 40.0. The normalized spacial score (nSPS) is 29.7. The summed E-state index contributed by atoms with van der Waals surface area (Å²) in [5, 5.41) is 0. The Hall–Kier alpha value is -0.440. The SMILES string of the molecule is CC(C)C1CC2CCC(C1)N2C(C)C.CC(C)C1CCCC(C)(C)N1C(C)C.CC(C)C1CCN(C(C)C)C(C)(C)C1.CC(C)C1CN(C(C)C)CCN1C.CC(C)C1CN(C)CCN1C(C)C.CC(C)N1CC(C)N(C(C)C)C(C)C1.CC(C)N1CCN(C(C)C)C(C)(C)C1. The first-order valence-electron chi connectivity index (χ1n) is 41.3. The molecule has 0 radical (unpaired) electrons. The van der Waals surface area contributed by atoms with E-state index < -0.39 is 0 Å². The predicted octanol–water partition coefficient (Wildman–Crippen LogP) is 18.2. The lowest BCUT2D eigenvalue weighted by Gasteiger charge is -2.52. The van der Waals surface area contributed by atoms with E-state index in [4.69, 9.17) is 0 Å². The second-order valence-corrected chi connectivity index (χ2v) is 38.8. The van der Waals surface area contributed by atoms with E-state index in [1.165, 1.54) is 136 Å². The fourth-order valence-electron chi connectivity index (χ4n) is 19.6. The average molecular weight is 1360 g/mol. The minimum absolute atomic E-state index is 0.330. The fraction of sp³-hybridized carbons (Fsp3) is 1.00. The molecule has 0 saturated carbocycles. The number of nitrogens with zero attached hydrogens (tertiary/aromatic N) is 11. The third-order valence-corrected chi connectivity index (χ3v) is 24.9. The summed E-state index contributed by atoms with van der Waals surface area (Å²) in [7, 11) is 4.48. The second-order valence-electron chi connectivity index (χ2n) is 38.8. The fourth-order valence-corrected chi connectivity index (χ4v) is 19.6. The van der Waals surface area contributed by atoms with Crippen LogP contribution in [0.1, 0.15) is 307 Å². The molecule has 0 spiro atoms. The van der Waals surface area contributed by atoms with Crippen molar-refractivity contribution in [3.63, 3.8) is 0 Å². The number of hydrogen-bond acceptors (Lipinski definition) is 11. The Morgan fingerprint density at radius 2 is 0.792 bits per heavy atom. The highest BCUT2D eigenvalue weighted by Crippen LogP contribution is 2.43. The van der Waals surface area contributed by atoms with Gasteiger partial charge in [0, 0.05) is 185 Å². The third-order valence-electron chi connectivity index (χ3n) is 24.9. The molecule has 8 atom stereocenters. The molecular formula is C85H179N11. The first-order valence-corrected chi connectivity index (χ1v) is 41.3. The second kappa shape index (κ2) is 41.9. The van der Waals surface area contributed by atoms with Crippen molar-refractivity contribution in [3.05, 3.63) is 0 Å². The van der Waals surface area contributed by atoms with Crippen molar-refractivity contribution in [1.29, 1.82) is 0 Å². The number of likely N-dealkylation sites (N-methyl/N-ethyl adjacent to an activating group) is 2. The Morgan fingerprint density at radius 3 is 1.17 bits per heavy atom. The Balaban J connectivity index is 0.000000381. The lowest BCUT2D eigenvalue weighted by atomic mass is 9.77. The van der Waals surface area contributed by atoms with Gasteiger partial charge in [-0.25, -0.2) is 0 Å². The maximum atomic E-state index is 2.79. The molecular weight excluding hydrogens is 1180 g/mol. The zero-order valence-electron chi connectivity index (χ0n) is 72.5. The van der Waals surface area contributed by atoms with Gasteiger partial charge in [-0.3, -0.25) is 44.1 Å². The third kappa shape index (κ3) is 28.5.